The van der Waals surface area contributed by atoms with Gasteiger partial charge in [0.25, 0.3) is 0 Å². The van der Waals surface area contributed by atoms with Gasteiger partial charge in [-0.3, -0.25) is 0 Å². The number of hydrogen-bond acceptors (Lipinski definition) is 1. The van der Waals surface area contributed by atoms with Gasteiger partial charge in [-0.05, 0) is 35.4 Å². The molecule has 2 aromatic rings. The average molecular weight is 199 g/mol. The Morgan fingerprint density at radius 2 is 1.73 bits per heavy atom. The minimum Gasteiger partial charge on any atom is -0.398 e. The molecule has 0 radical (unpaired) electrons. The van der Waals surface area contributed by atoms with Gasteiger partial charge < -0.3 is 5.73 Å². The van der Waals surface area contributed by atoms with Gasteiger partial charge in [0.1, 0.15) is 0 Å². The summed E-state index contributed by atoms with van der Waals surface area (Å²) in [5, 5.41) is 2.45. The highest BCUT2D eigenvalue weighted by atomic mass is 14.5. The van der Waals surface area contributed by atoms with E-state index < -0.39 is 0 Å². The van der Waals surface area contributed by atoms with Crippen LogP contribution in [0.1, 0.15) is 30.9 Å². The fourth-order valence-electron chi connectivity index (χ4n) is 2.18. The third kappa shape index (κ3) is 1.58. The van der Waals surface area contributed by atoms with Crippen molar-refractivity contribution in [2.75, 3.05) is 5.73 Å². The second kappa shape index (κ2) is 3.58. The van der Waals surface area contributed by atoms with E-state index in [2.05, 4.69) is 39.0 Å². The zero-order valence-electron chi connectivity index (χ0n) is 9.54. The Hall–Kier alpha value is -1.50. The highest BCUT2D eigenvalue weighted by molar-refractivity contribution is 5.95. The van der Waals surface area contributed by atoms with E-state index in [4.69, 9.17) is 5.73 Å². The molecule has 0 unspecified atom stereocenters. The van der Waals surface area contributed by atoms with Crippen molar-refractivity contribution in [1.82, 2.24) is 0 Å². The topological polar surface area (TPSA) is 26.0 Å². The van der Waals surface area contributed by atoms with E-state index in [0.29, 0.717) is 5.92 Å². The quantitative estimate of drug-likeness (QED) is 0.693. The molecular formula is C14H17N. The molecule has 0 aliphatic heterocycles. The Morgan fingerprint density at radius 3 is 2.40 bits per heavy atom. The predicted octanol–water partition coefficient (Wildman–Crippen LogP) is 3.85. The van der Waals surface area contributed by atoms with Crippen LogP contribution in [0, 0.1) is 6.92 Å². The molecule has 78 valence electrons. The SMILES string of the molecule is Cc1c(C(C)C)ccc2c(N)cccc12. The molecule has 0 amide bonds. The number of fused-ring (bicyclic) bond motifs is 1. The number of hydrogen-bond donors (Lipinski definition) is 1. The number of rotatable bonds is 1. The standard InChI is InChI=1S/C14H17N/c1-9(2)11-7-8-13-12(10(11)3)5-4-6-14(13)15/h4-9H,15H2,1-3H3. The van der Waals surface area contributed by atoms with Crippen molar-refractivity contribution in [1.29, 1.82) is 0 Å². The van der Waals surface area contributed by atoms with Gasteiger partial charge in [0, 0.05) is 11.1 Å². The van der Waals surface area contributed by atoms with Crippen LogP contribution in [-0.4, -0.2) is 0 Å². The lowest BCUT2D eigenvalue weighted by atomic mass is 9.93. The molecule has 0 fully saturated rings. The molecule has 0 spiro atoms. The first-order valence-corrected chi connectivity index (χ1v) is 5.39. The summed E-state index contributed by atoms with van der Waals surface area (Å²) < 4.78 is 0. The van der Waals surface area contributed by atoms with Crippen molar-refractivity contribution in [2.24, 2.45) is 0 Å². The molecule has 15 heavy (non-hydrogen) atoms. The molecular weight excluding hydrogens is 182 g/mol. The van der Waals surface area contributed by atoms with Crippen molar-refractivity contribution in [3.8, 4) is 0 Å². The summed E-state index contributed by atoms with van der Waals surface area (Å²) >= 11 is 0. The maximum Gasteiger partial charge on any atom is 0.0393 e. The minimum absolute atomic E-state index is 0.566. The molecule has 0 saturated carbocycles. The van der Waals surface area contributed by atoms with E-state index in [-0.39, 0.29) is 0 Å². The summed E-state index contributed by atoms with van der Waals surface area (Å²) in [6.45, 7) is 6.62. The first-order valence-electron chi connectivity index (χ1n) is 5.39. The zero-order chi connectivity index (χ0) is 11.0. The van der Waals surface area contributed by atoms with Gasteiger partial charge in [-0.15, -0.1) is 0 Å². The van der Waals surface area contributed by atoms with Crippen LogP contribution in [0.3, 0.4) is 0 Å². The summed E-state index contributed by atoms with van der Waals surface area (Å²) in [4.78, 5) is 0. The summed E-state index contributed by atoms with van der Waals surface area (Å²) in [5.74, 6) is 0.566. The van der Waals surface area contributed by atoms with Gasteiger partial charge >= 0.3 is 0 Å². The van der Waals surface area contributed by atoms with Crippen LogP contribution in [-0.2, 0) is 0 Å². The molecule has 2 N–H and O–H groups in total. The molecule has 0 saturated heterocycles. The van der Waals surface area contributed by atoms with Crippen molar-refractivity contribution in [3.05, 3.63) is 41.5 Å². The first kappa shape index (κ1) is 10.0. The largest absolute Gasteiger partial charge is 0.398 e. The molecule has 1 nitrogen and oxygen atoms in total. The monoisotopic (exact) mass is 199 g/mol. The van der Waals surface area contributed by atoms with E-state index in [1.165, 1.54) is 21.9 Å². The lowest BCUT2D eigenvalue weighted by Gasteiger charge is -2.13. The molecule has 0 heterocycles. The molecule has 2 rings (SSSR count). The number of benzene rings is 2. The van der Waals surface area contributed by atoms with E-state index in [1.54, 1.807) is 0 Å². The summed E-state index contributed by atoms with van der Waals surface area (Å²) in [6.07, 6.45) is 0. The lowest BCUT2D eigenvalue weighted by Crippen LogP contribution is -1.94. The second-order valence-corrected chi connectivity index (χ2v) is 4.38. The van der Waals surface area contributed by atoms with Gasteiger partial charge in [0.05, 0.1) is 0 Å². The number of anilines is 1. The second-order valence-electron chi connectivity index (χ2n) is 4.38. The van der Waals surface area contributed by atoms with Crippen LogP contribution >= 0.6 is 0 Å². The maximum atomic E-state index is 5.95. The fourth-order valence-corrected chi connectivity index (χ4v) is 2.18. The Bertz CT molecular complexity index is 498. The van der Waals surface area contributed by atoms with Crippen LogP contribution < -0.4 is 5.73 Å². The Labute approximate surface area is 90.9 Å². The van der Waals surface area contributed by atoms with Crippen molar-refractivity contribution in [3.63, 3.8) is 0 Å². The van der Waals surface area contributed by atoms with Crippen molar-refractivity contribution in [2.45, 2.75) is 26.7 Å². The predicted molar refractivity (Wildman–Crippen MR) is 67.2 cm³/mol. The summed E-state index contributed by atoms with van der Waals surface area (Å²) in [6, 6.07) is 10.4. The van der Waals surface area contributed by atoms with E-state index in [1.807, 2.05) is 12.1 Å². The molecule has 0 atom stereocenters. The smallest absolute Gasteiger partial charge is 0.0393 e. The number of nitrogens with two attached hydrogens (primary N) is 1. The molecule has 0 aromatic heterocycles. The van der Waals surface area contributed by atoms with Crippen LogP contribution in [0.2, 0.25) is 0 Å². The molecule has 2 aromatic carbocycles. The van der Waals surface area contributed by atoms with Crippen LogP contribution in [0.25, 0.3) is 10.8 Å². The van der Waals surface area contributed by atoms with Crippen LogP contribution in [0.5, 0.6) is 0 Å². The van der Waals surface area contributed by atoms with Gasteiger partial charge in [-0.2, -0.15) is 0 Å². The minimum atomic E-state index is 0.566. The third-order valence-corrected chi connectivity index (χ3v) is 3.03. The Balaban J connectivity index is 2.80. The van der Waals surface area contributed by atoms with Gasteiger partial charge in [0.15, 0.2) is 0 Å². The third-order valence-electron chi connectivity index (χ3n) is 3.03. The van der Waals surface area contributed by atoms with E-state index >= 15 is 0 Å². The molecule has 0 aliphatic rings. The fraction of sp³-hybridized carbons (Fsp3) is 0.286. The van der Waals surface area contributed by atoms with E-state index in [0.717, 1.165) is 5.69 Å². The maximum absolute atomic E-state index is 5.95. The summed E-state index contributed by atoms with van der Waals surface area (Å²) in [5.41, 5.74) is 9.58. The lowest BCUT2D eigenvalue weighted by molar-refractivity contribution is 0.859. The normalized spacial score (nSPS) is 11.2. The summed E-state index contributed by atoms with van der Waals surface area (Å²) in [7, 11) is 0. The van der Waals surface area contributed by atoms with Gasteiger partial charge in [0.2, 0.25) is 0 Å². The average Bonchev–Trinajstić information content (AvgIpc) is 2.19. The van der Waals surface area contributed by atoms with Crippen LogP contribution in [0.15, 0.2) is 30.3 Å². The number of nitrogen functional groups attached to an aromatic ring is 1. The van der Waals surface area contributed by atoms with Crippen molar-refractivity contribution >= 4 is 16.5 Å². The highest BCUT2D eigenvalue weighted by Gasteiger charge is 2.07. The first-order chi connectivity index (χ1) is 7.11. The molecule has 0 bridgehead atoms. The Morgan fingerprint density at radius 1 is 1.00 bits per heavy atom. The van der Waals surface area contributed by atoms with Gasteiger partial charge in [-0.1, -0.05) is 38.1 Å². The van der Waals surface area contributed by atoms with Crippen molar-refractivity contribution < 1.29 is 0 Å². The molecule has 1 heteroatoms. The highest BCUT2D eigenvalue weighted by Crippen LogP contribution is 2.29. The van der Waals surface area contributed by atoms with Crippen LogP contribution in [0.4, 0.5) is 5.69 Å². The Kier molecular flexibility index (Phi) is 2.39. The number of aryl methyl sites for hydroxylation is 1. The van der Waals surface area contributed by atoms with E-state index in [9.17, 15) is 0 Å². The zero-order valence-corrected chi connectivity index (χ0v) is 9.54. The molecule has 0 aliphatic carbocycles. The van der Waals surface area contributed by atoms with Gasteiger partial charge in [-0.25, -0.2) is 0 Å².